The van der Waals surface area contributed by atoms with Crippen LogP contribution in [-0.4, -0.2) is 23.8 Å². The van der Waals surface area contributed by atoms with E-state index >= 15 is 0 Å². The minimum Gasteiger partial charge on any atom is -0.481 e. The van der Waals surface area contributed by atoms with Crippen LogP contribution in [0.25, 0.3) is 0 Å². The fourth-order valence-corrected chi connectivity index (χ4v) is 1.34. The number of carbonyl (C=O) groups excluding carboxylic acids is 1. The van der Waals surface area contributed by atoms with Gasteiger partial charge in [0, 0.05) is 0 Å². The molecule has 1 aromatic carbocycles. The molecule has 0 spiro atoms. The zero-order valence-corrected chi connectivity index (χ0v) is 10.1. The van der Waals surface area contributed by atoms with Crippen molar-refractivity contribution in [1.82, 2.24) is 5.48 Å². The average molecular weight is 248 g/mol. The number of amides is 1. The molecule has 1 rings (SSSR count). The van der Waals surface area contributed by atoms with Crippen LogP contribution in [0.3, 0.4) is 0 Å². The smallest absolute Gasteiger partial charge is 0.260 e. The summed E-state index contributed by atoms with van der Waals surface area (Å²) in [4.78, 5) is 11.0. The summed E-state index contributed by atoms with van der Waals surface area (Å²) >= 11 is 0. The molecule has 0 aromatic heterocycles. The lowest BCUT2D eigenvalue weighted by Gasteiger charge is -2.09. The highest BCUT2D eigenvalue weighted by Gasteiger charge is 2.12. The van der Waals surface area contributed by atoms with E-state index in [9.17, 15) is 4.79 Å². The molecule has 1 atom stereocenters. The van der Waals surface area contributed by atoms with Gasteiger partial charge in [0.05, 0.1) is 6.04 Å². The predicted molar refractivity (Wildman–Crippen MR) is 67.0 cm³/mol. The van der Waals surface area contributed by atoms with Crippen molar-refractivity contribution < 1.29 is 14.7 Å². The highest BCUT2D eigenvalue weighted by Crippen LogP contribution is 2.13. The number of hydroxylamine groups is 1. The normalized spacial score (nSPS) is 11.1. The van der Waals surface area contributed by atoms with E-state index in [2.05, 4.69) is 11.8 Å². The molecule has 0 aliphatic heterocycles. The molecule has 96 valence electrons. The minimum absolute atomic E-state index is 0.349. The van der Waals surface area contributed by atoms with Crippen LogP contribution in [0.4, 0.5) is 0 Å². The van der Waals surface area contributed by atoms with Crippen LogP contribution >= 0.6 is 0 Å². The van der Waals surface area contributed by atoms with Crippen molar-refractivity contribution in [2.45, 2.75) is 19.4 Å². The molecule has 0 saturated heterocycles. The van der Waals surface area contributed by atoms with Crippen LogP contribution in [0.15, 0.2) is 24.3 Å². The molecule has 1 unspecified atom stereocenters. The van der Waals surface area contributed by atoms with Gasteiger partial charge in [-0.1, -0.05) is 18.1 Å². The van der Waals surface area contributed by atoms with Gasteiger partial charge in [0.25, 0.3) is 5.91 Å². The van der Waals surface area contributed by atoms with Gasteiger partial charge in [0.1, 0.15) is 12.4 Å². The van der Waals surface area contributed by atoms with E-state index in [1.54, 1.807) is 19.1 Å². The van der Waals surface area contributed by atoms with Crippen molar-refractivity contribution in [3.05, 3.63) is 29.8 Å². The van der Waals surface area contributed by atoms with Crippen LogP contribution in [-0.2, 0) is 11.2 Å². The second kappa shape index (κ2) is 7.33. The number of rotatable bonds is 5. The van der Waals surface area contributed by atoms with E-state index in [4.69, 9.17) is 15.7 Å². The minimum atomic E-state index is -0.771. The molecule has 4 N–H and O–H groups in total. The summed E-state index contributed by atoms with van der Waals surface area (Å²) in [7, 11) is 0. The Kier molecular flexibility index (Phi) is 5.71. The Hall–Kier alpha value is -2.03. The first kappa shape index (κ1) is 14.0. The van der Waals surface area contributed by atoms with E-state index in [1.807, 2.05) is 12.1 Å². The average Bonchev–Trinajstić information content (AvgIpc) is 2.40. The van der Waals surface area contributed by atoms with E-state index in [0.29, 0.717) is 18.8 Å². The molecular weight excluding hydrogens is 232 g/mol. The van der Waals surface area contributed by atoms with Gasteiger partial charge in [0.15, 0.2) is 0 Å². The first-order valence-electron chi connectivity index (χ1n) is 5.48. The fraction of sp³-hybridized carbons (Fsp3) is 0.308. The molecule has 18 heavy (non-hydrogen) atoms. The molecule has 5 nitrogen and oxygen atoms in total. The molecular formula is C13H16N2O3. The highest BCUT2D eigenvalue weighted by molar-refractivity contribution is 5.80. The number of carbonyl (C=O) groups is 1. The third-order valence-electron chi connectivity index (χ3n) is 2.31. The van der Waals surface area contributed by atoms with Crippen LogP contribution in [0.1, 0.15) is 12.5 Å². The maximum absolute atomic E-state index is 11.0. The summed E-state index contributed by atoms with van der Waals surface area (Å²) in [5, 5.41) is 8.44. The predicted octanol–water partition coefficient (Wildman–Crippen LogP) is 0.464. The molecule has 5 heteroatoms. The summed E-state index contributed by atoms with van der Waals surface area (Å²) in [6, 6.07) is 6.44. The van der Waals surface area contributed by atoms with Gasteiger partial charge in [-0.05, 0) is 31.0 Å². The molecule has 0 heterocycles. The van der Waals surface area contributed by atoms with Crippen molar-refractivity contribution in [3.63, 3.8) is 0 Å². The van der Waals surface area contributed by atoms with Crippen molar-refractivity contribution >= 4 is 5.91 Å². The SMILES string of the molecule is CC#CCOc1ccc(CC(N)C(=O)NO)cc1. The molecule has 1 aromatic rings. The number of benzene rings is 1. The van der Waals surface area contributed by atoms with Crippen molar-refractivity contribution in [2.24, 2.45) is 5.73 Å². The number of ether oxygens (including phenoxy) is 1. The lowest BCUT2D eigenvalue weighted by molar-refractivity contribution is -0.130. The van der Waals surface area contributed by atoms with Crippen LogP contribution in [0, 0.1) is 11.8 Å². The molecule has 0 saturated carbocycles. The van der Waals surface area contributed by atoms with Crippen LogP contribution in [0.2, 0.25) is 0 Å². The topological polar surface area (TPSA) is 84.6 Å². The number of hydrogen-bond donors (Lipinski definition) is 3. The number of nitrogens with one attached hydrogen (secondary N) is 1. The van der Waals surface area contributed by atoms with E-state index in [0.717, 1.165) is 5.56 Å². The highest BCUT2D eigenvalue weighted by atomic mass is 16.5. The largest absolute Gasteiger partial charge is 0.481 e. The monoisotopic (exact) mass is 248 g/mol. The van der Waals surface area contributed by atoms with Gasteiger partial charge in [-0.25, -0.2) is 5.48 Å². The van der Waals surface area contributed by atoms with E-state index < -0.39 is 11.9 Å². The Morgan fingerprint density at radius 3 is 2.72 bits per heavy atom. The number of hydrogen-bond acceptors (Lipinski definition) is 4. The van der Waals surface area contributed by atoms with E-state index in [1.165, 1.54) is 5.48 Å². The van der Waals surface area contributed by atoms with Crippen molar-refractivity contribution in [2.75, 3.05) is 6.61 Å². The lowest BCUT2D eigenvalue weighted by atomic mass is 10.1. The van der Waals surface area contributed by atoms with Crippen molar-refractivity contribution in [1.29, 1.82) is 0 Å². The summed E-state index contributed by atoms with van der Waals surface area (Å²) in [5.74, 6) is 5.63. The fourth-order valence-electron chi connectivity index (χ4n) is 1.34. The zero-order valence-electron chi connectivity index (χ0n) is 10.1. The quantitative estimate of drug-likeness (QED) is 0.401. The van der Waals surface area contributed by atoms with Gasteiger partial charge >= 0.3 is 0 Å². The Morgan fingerprint density at radius 1 is 1.50 bits per heavy atom. The summed E-state index contributed by atoms with van der Waals surface area (Å²) in [6.45, 7) is 2.10. The second-order valence-corrected chi connectivity index (χ2v) is 3.65. The van der Waals surface area contributed by atoms with Gasteiger partial charge in [-0.3, -0.25) is 10.0 Å². The molecule has 0 aliphatic rings. The summed E-state index contributed by atoms with van der Waals surface area (Å²) in [5.41, 5.74) is 7.99. The maximum Gasteiger partial charge on any atom is 0.260 e. The third-order valence-corrected chi connectivity index (χ3v) is 2.31. The zero-order chi connectivity index (χ0) is 13.4. The van der Waals surface area contributed by atoms with Crippen LogP contribution < -0.4 is 16.0 Å². The van der Waals surface area contributed by atoms with Gasteiger partial charge < -0.3 is 10.5 Å². The Balaban J connectivity index is 2.53. The van der Waals surface area contributed by atoms with Crippen LogP contribution in [0.5, 0.6) is 5.75 Å². The Labute approximate surface area is 106 Å². The molecule has 0 fully saturated rings. The van der Waals surface area contributed by atoms with Gasteiger partial charge in [-0.2, -0.15) is 0 Å². The van der Waals surface area contributed by atoms with Gasteiger partial charge in [-0.15, -0.1) is 5.92 Å². The van der Waals surface area contributed by atoms with Gasteiger partial charge in [0.2, 0.25) is 0 Å². The first-order valence-corrected chi connectivity index (χ1v) is 5.48. The summed E-state index contributed by atoms with van der Waals surface area (Å²) < 4.78 is 5.35. The molecule has 1 amide bonds. The van der Waals surface area contributed by atoms with Crippen molar-refractivity contribution in [3.8, 4) is 17.6 Å². The second-order valence-electron chi connectivity index (χ2n) is 3.65. The summed E-state index contributed by atoms with van der Waals surface area (Å²) in [6.07, 6.45) is 0.349. The standard InChI is InChI=1S/C13H16N2O3/c1-2-3-8-18-11-6-4-10(5-7-11)9-12(14)13(16)15-17/h4-7,12,17H,8-9,14H2,1H3,(H,15,16). The Bertz CT molecular complexity index is 446. The lowest BCUT2D eigenvalue weighted by Crippen LogP contribution is -2.40. The molecule has 0 bridgehead atoms. The number of nitrogens with two attached hydrogens (primary N) is 1. The maximum atomic E-state index is 11.0. The van der Waals surface area contributed by atoms with E-state index in [-0.39, 0.29) is 0 Å². The first-order chi connectivity index (χ1) is 8.67. The molecule has 0 radical (unpaired) electrons. The third kappa shape index (κ3) is 4.45. The molecule has 0 aliphatic carbocycles. The Morgan fingerprint density at radius 2 is 2.17 bits per heavy atom.